The zero-order chi connectivity index (χ0) is 26.9. The SMILES string of the molecule is C#CCCOC(=O)CCN(CCCN(C)C)C(=O)CCCSSCCCC(=O)OCCCCCCC. The molecule has 1 amide bonds. The maximum Gasteiger partial charge on any atom is 0.307 e. The number of esters is 2. The van der Waals surface area contributed by atoms with Crippen molar-refractivity contribution in [3.8, 4) is 12.3 Å². The zero-order valence-electron chi connectivity index (χ0n) is 22.8. The van der Waals surface area contributed by atoms with Crippen LogP contribution in [0, 0.1) is 12.3 Å². The molecule has 7 nitrogen and oxygen atoms in total. The summed E-state index contributed by atoms with van der Waals surface area (Å²) in [4.78, 5) is 40.2. The van der Waals surface area contributed by atoms with Crippen molar-refractivity contribution >= 4 is 39.4 Å². The molecule has 0 rings (SSSR count). The Balaban J connectivity index is 3.97. The first-order chi connectivity index (χ1) is 17.4. The van der Waals surface area contributed by atoms with Gasteiger partial charge in [0.05, 0.1) is 13.0 Å². The number of rotatable bonds is 24. The molecule has 0 atom stereocenters. The number of terminal acetylenes is 1. The molecule has 36 heavy (non-hydrogen) atoms. The fourth-order valence-electron chi connectivity index (χ4n) is 3.26. The van der Waals surface area contributed by atoms with Crippen molar-refractivity contribution in [2.75, 3.05) is 58.4 Å². The van der Waals surface area contributed by atoms with Gasteiger partial charge in [-0.2, -0.15) is 0 Å². The number of ether oxygens (including phenoxy) is 2. The van der Waals surface area contributed by atoms with Gasteiger partial charge in [0.25, 0.3) is 0 Å². The van der Waals surface area contributed by atoms with Crippen LogP contribution < -0.4 is 0 Å². The zero-order valence-corrected chi connectivity index (χ0v) is 24.4. The quantitative estimate of drug-likeness (QED) is 0.0712. The number of carbonyl (C=O) groups is 3. The van der Waals surface area contributed by atoms with Gasteiger partial charge in [0.2, 0.25) is 5.91 Å². The summed E-state index contributed by atoms with van der Waals surface area (Å²) in [7, 11) is 7.48. The first kappa shape index (κ1) is 34.6. The molecule has 0 unspecified atom stereocenters. The van der Waals surface area contributed by atoms with E-state index in [1.165, 1.54) is 19.3 Å². The number of hydrogen-bond donors (Lipinski definition) is 0. The highest BCUT2D eigenvalue weighted by Gasteiger charge is 2.15. The fraction of sp³-hybridized carbons (Fsp3) is 0.815. The molecular formula is C27H48N2O5S2. The highest BCUT2D eigenvalue weighted by Crippen LogP contribution is 2.24. The maximum absolute atomic E-state index is 12.7. The molecule has 0 aliphatic carbocycles. The molecule has 0 aliphatic heterocycles. The molecule has 0 fully saturated rings. The van der Waals surface area contributed by atoms with Crippen LogP contribution in [-0.2, 0) is 23.9 Å². The van der Waals surface area contributed by atoms with Crippen molar-refractivity contribution in [3.63, 3.8) is 0 Å². The van der Waals surface area contributed by atoms with E-state index >= 15 is 0 Å². The lowest BCUT2D eigenvalue weighted by Gasteiger charge is -2.23. The predicted octanol–water partition coefficient (Wildman–Crippen LogP) is 5.18. The van der Waals surface area contributed by atoms with E-state index in [1.54, 1.807) is 26.5 Å². The Kier molecular flexibility index (Phi) is 24.3. The van der Waals surface area contributed by atoms with E-state index in [1.807, 2.05) is 14.1 Å². The van der Waals surface area contributed by atoms with Crippen LogP contribution >= 0.6 is 21.6 Å². The van der Waals surface area contributed by atoms with E-state index in [0.717, 1.165) is 50.2 Å². The van der Waals surface area contributed by atoms with Gasteiger partial charge in [-0.15, -0.1) is 12.3 Å². The van der Waals surface area contributed by atoms with Gasteiger partial charge in [0.1, 0.15) is 6.61 Å². The van der Waals surface area contributed by atoms with Crippen LogP contribution in [0.2, 0.25) is 0 Å². The van der Waals surface area contributed by atoms with E-state index < -0.39 is 0 Å². The van der Waals surface area contributed by atoms with Crippen LogP contribution in [0.15, 0.2) is 0 Å². The topological polar surface area (TPSA) is 76.2 Å². The molecule has 0 aliphatic rings. The molecule has 0 saturated heterocycles. The Morgan fingerprint density at radius 2 is 1.39 bits per heavy atom. The van der Waals surface area contributed by atoms with Crippen LogP contribution in [-0.4, -0.2) is 86.1 Å². The second-order valence-electron chi connectivity index (χ2n) is 8.95. The summed E-state index contributed by atoms with van der Waals surface area (Å²) in [6.07, 6.45) is 14.9. The number of amides is 1. The summed E-state index contributed by atoms with van der Waals surface area (Å²) < 4.78 is 10.4. The first-order valence-electron chi connectivity index (χ1n) is 13.3. The van der Waals surface area contributed by atoms with E-state index in [4.69, 9.17) is 15.9 Å². The number of unbranched alkanes of at least 4 members (excludes halogenated alkanes) is 4. The first-order valence-corrected chi connectivity index (χ1v) is 15.8. The molecule has 0 aromatic carbocycles. The third-order valence-corrected chi connectivity index (χ3v) is 7.88. The summed E-state index contributed by atoms with van der Waals surface area (Å²) >= 11 is 0. The summed E-state index contributed by atoms with van der Waals surface area (Å²) in [5.74, 6) is 3.86. The van der Waals surface area contributed by atoms with Crippen LogP contribution in [0.1, 0.15) is 84.0 Å². The van der Waals surface area contributed by atoms with E-state index in [2.05, 4.69) is 17.7 Å². The van der Waals surface area contributed by atoms with Gasteiger partial charge in [0, 0.05) is 43.9 Å². The van der Waals surface area contributed by atoms with Gasteiger partial charge < -0.3 is 19.3 Å². The van der Waals surface area contributed by atoms with E-state index in [9.17, 15) is 14.4 Å². The molecule has 0 aromatic rings. The number of nitrogens with zero attached hydrogens (tertiary/aromatic N) is 2. The third-order valence-electron chi connectivity index (χ3n) is 5.30. The summed E-state index contributed by atoms with van der Waals surface area (Å²) in [6, 6.07) is 0. The Morgan fingerprint density at radius 3 is 2.06 bits per heavy atom. The van der Waals surface area contributed by atoms with Crippen molar-refractivity contribution in [2.24, 2.45) is 0 Å². The predicted molar refractivity (Wildman–Crippen MR) is 152 cm³/mol. The smallest absolute Gasteiger partial charge is 0.307 e. The number of hydrogen-bond acceptors (Lipinski definition) is 8. The minimum absolute atomic E-state index is 0.0771. The molecule has 0 heterocycles. The average molecular weight is 545 g/mol. The molecule has 0 N–H and O–H groups in total. The van der Waals surface area contributed by atoms with Crippen LogP contribution in [0.3, 0.4) is 0 Å². The highest BCUT2D eigenvalue weighted by molar-refractivity contribution is 8.76. The van der Waals surface area contributed by atoms with Gasteiger partial charge in [-0.05, 0) is 46.3 Å². The second-order valence-corrected chi connectivity index (χ2v) is 11.7. The molecule has 208 valence electrons. The standard InChI is InChI=1S/C27H48N2O5S2/c1-5-7-9-10-11-22-34-26(31)16-13-24-36-35-23-12-15-25(30)29(19-14-18-28(3)4)20-17-27(32)33-21-8-6-2/h2H,5,7-24H2,1,3-4H3. The molecule has 0 spiro atoms. The van der Waals surface area contributed by atoms with Crippen LogP contribution in [0.25, 0.3) is 0 Å². The van der Waals surface area contributed by atoms with Crippen molar-refractivity contribution in [1.82, 2.24) is 9.80 Å². The van der Waals surface area contributed by atoms with E-state index in [-0.39, 0.29) is 30.9 Å². The van der Waals surface area contributed by atoms with Crippen molar-refractivity contribution in [2.45, 2.75) is 84.0 Å². The largest absolute Gasteiger partial charge is 0.466 e. The maximum atomic E-state index is 12.7. The normalized spacial score (nSPS) is 10.8. The molecule has 0 aromatic heterocycles. The van der Waals surface area contributed by atoms with Gasteiger partial charge in [-0.3, -0.25) is 14.4 Å². The Morgan fingerprint density at radius 1 is 0.750 bits per heavy atom. The van der Waals surface area contributed by atoms with Gasteiger partial charge in [-0.1, -0.05) is 54.2 Å². The molecule has 0 radical (unpaired) electrons. The average Bonchev–Trinajstić information content (AvgIpc) is 2.84. The van der Waals surface area contributed by atoms with Crippen molar-refractivity contribution < 1.29 is 23.9 Å². The minimum atomic E-state index is -0.321. The van der Waals surface area contributed by atoms with Crippen molar-refractivity contribution in [3.05, 3.63) is 0 Å². The van der Waals surface area contributed by atoms with Gasteiger partial charge >= 0.3 is 11.9 Å². The summed E-state index contributed by atoms with van der Waals surface area (Å²) in [6.45, 7) is 4.83. The third kappa shape index (κ3) is 23.1. The van der Waals surface area contributed by atoms with Crippen LogP contribution in [0.5, 0.6) is 0 Å². The lowest BCUT2D eigenvalue weighted by atomic mass is 10.2. The van der Waals surface area contributed by atoms with Gasteiger partial charge in [-0.25, -0.2) is 0 Å². The lowest BCUT2D eigenvalue weighted by Crippen LogP contribution is -2.35. The molecule has 0 bridgehead atoms. The second kappa shape index (κ2) is 25.3. The molecule has 0 saturated carbocycles. The summed E-state index contributed by atoms with van der Waals surface area (Å²) in [5, 5.41) is 0. The minimum Gasteiger partial charge on any atom is -0.466 e. The highest BCUT2D eigenvalue weighted by atomic mass is 33.1. The monoisotopic (exact) mass is 544 g/mol. The Bertz CT molecular complexity index is 626. The number of carbonyl (C=O) groups excluding carboxylic acids is 3. The Labute approximate surface area is 227 Å². The van der Waals surface area contributed by atoms with Gasteiger partial charge in [0.15, 0.2) is 0 Å². The molecule has 9 heteroatoms. The lowest BCUT2D eigenvalue weighted by molar-refractivity contribution is -0.145. The van der Waals surface area contributed by atoms with Crippen LogP contribution in [0.4, 0.5) is 0 Å². The van der Waals surface area contributed by atoms with Crippen molar-refractivity contribution in [1.29, 1.82) is 0 Å². The Hall–Kier alpha value is -1.37. The van der Waals surface area contributed by atoms with E-state index in [0.29, 0.717) is 39.0 Å². The summed E-state index contributed by atoms with van der Waals surface area (Å²) in [5.41, 5.74) is 0. The molecular weight excluding hydrogens is 496 g/mol. The fourth-order valence-corrected chi connectivity index (χ4v) is 5.43.